The van der Waals surface area contributed by atoms with E-state index in [1.807, 2.05) is 12.1 Å². The van der Waals surface area contributed by atoms with E-state index >= 15 is 0 Å². The van der Waals surface area contributed by atoms with Crippen LogP contribution >= 0.6 is 0 Å². The van der Waals surface area contributed by atoms with Crippen LogP contribution in [0.3, 0.4) is 0 Å². The van der Waals surface area contributed by atoms with Crippen molar-refractivity contribution in [2.75, 3.05) is 0 Å². The maximum absolute atomic E-state index is 5.49. The van der Waals surface area contributed by atoms with Crippen LogP contribution in [-0.4, -0.2) is 19.9 Å². The van der Waals surface area contributed by atoms with Crippen LogP contribution < -0.4 is 0 Å². The lowest BCUT2D eigenvalue weighted by atomic mass is 9.78. The predicted molar refractivity (Wildman–Crippen MR) is 488 cm³/mol. The summed E-state index contributed by atoms with van der Waals surface area (Å²) in [5.74, 6) is 0.698. The molecule has 0 atom stereocenters. The van der Waals surface area contributed by atoms with Gasteiger partial charge in [-0.15, -0.1) is 0 Å². The zero-order valence-electron chi connectivity index (χ0n) is 64.7. The molecule has 21 aromatic rings. The van der Waals surface area contributed by atoms with Gasteiger partial charge in [-0.3, -0.25) is 0 Å². The van der Waals surface area contributed by atoms with Crippen LogP contribution in [0.1, 0.15) is 49.9 Å². The molecule has 23 rings (SSSR count). The van der Waals surface area contributed by atoms with Crippen LogP contribution in [0.25, 0.3) is 210 Å². The van der Waals surface area contributed by atoms with Crippen molar-refractivity contribution in [3.63, 3.8) is 0 Å². The maximum atomic E-state index is 5.49. The van der Waals surface area contributed by atoms with E-state index in [1.54, 1.807) is 0 Å². The number of pyridine rings is 2. The Hall–Kier alpha value is -14.6. The fourth-order valence-corrected chi connectivity index (χ4v) is 19.3. The van der Waals surface area contributed by atoms with E-state index in [1.165, 1.54) is 159 Å². The van der Waals surface area contributed by atoms with Crippen molar-refractivity contribution in [3.05, 3.63) is 411 Å². The minimum atomic E-state index is -0.217. The molecule has 0 aliphatic heterocycles. The summed E-state index contributed by atoms with van der Waals surface area (Å²) in [4.78, 5) is 21.4. The standard InChI is InChI=1S/C60H41N3.C52H35N/c1-60(2)52-24-14-13-23-50(52)58-56(60)55(51-34-33-40-17-9-10-20-46(40)57(51)63-58)43-29-27-41(28-30-43)45-35-36-49(48-22-12-11-21-47(45)48)54-37-53(42-18-7-4-8-19-42)61-59(62-54)44-31-25-39(26-32-44)38-15-5-3-6-16-38;1-52(2)47-22-12-11-21-44(47)51-49(52)48(45-28-27-32-13-3-6-16-38(32)50(45)53-51)34-25-23-33(24-26-34)37-29-30-43(41-19-9-7-18-40(37)41)46-31-35-14-4-5-15-36(35)39-17-8-10-20-42(39)46/h3-37H,1-2H3;3-31H,1-2H3. The van der Waals surface area contributed by atoms with Gasteiger partial charge in [0.15, 0.2) is 5.82 Å². The fraction of sp³-hybridized carbons (Fsp3) is 0.0536. The molecule has 0 unspecified atom stereocenters. The molecule has 0 saturated heterocycles. The third-order valence-electron chi connectivity index (χ3n) is 24.9. The van der Waals surface area contributed by atoms with E-state index in [4.69, 9.17) is 19.9 Å². The summed E-state index contributed by atoms with van der Waals surface area (Å²) in [5, 5.41) is 17.1. The largest absolute Gasteiger partial charge is 0.247 e. The Kier molecular flexibility index (Phi) is 15.9. The van der Waals surface area contributed by atoms with E-state index in [-0.39, 0.29) is 10.8 Å². The van der Waals surface area contributed by atoms with Crippen molar-refractivity contribution in [3.8, 4) is 123 Å². The van der Waals surface area contributed by atoms with Gasteiger partial charge in [0.2, 0.25) is 0 Å². The zero-order valence-corrected chi connectivity index (χ0v) is 64.7. The van der Waals surface area contributed by atoms with E-state index in [2.05, 4.69) is 404 Å². The molecular formula is C112H76N4. The predicted octanol–water partition coefficient (Wildman–Crippen LogP) is 29.8. The quantitative estimate of drug-likeness (QED) is 0.135. The van der Waals surface area contributed by atoms with Crippen molar-refractivity contribution >= 4 is 86.4 Å². The topological polar surface area (TPSA) is 51.6 Å². The Morgan fingerprint density at radius 2 is 0.543 bits per heavy atom. The van der Waals surface area contributed by atoms with Crippen LogP contribution in [0.2, 0.25) is 0 Å². The van der Waals surface area contributed by atoms with E-state index in [0.29, 0.717) is 5.82 Å². The lowest BCUT2D eigenvalue weighted by molar-refractivity contribution is 0.661. The number of nitrogens with zero attached hydrogens (tertiary/aromatic N) is 4. The van der Waals surface area contributed by atoms with Gasteiger partial charge >= 0.3 is 0 Å². The van der Waals surface area contributed by atoms with Crippen LogP contribution in [0.15, 0.2) is 388 Å². The molecule has 0 bridgehead atoms. The minimum Gasteiger partial charge on any atom is -0.247 e. The minimum absolute atomic E-state index is 0.189. The highest BCUT2D eigenvalue weighted by atomic mass is 14.9. The third kappa shape index (κ3) is 11.0. The molecule has 0 spiro atoms. The highest BCUT2D eigenvalue weighted by Crippen LogP contribution is 2.56. The molecule has 2 aliphatic carbocycles. The number of hydrogen-bond acceptors (Lipinski definition) is 4. The van der Waals surface area contributed by atoms with Gasteiger partial charge in [-0.25, -0.2) is 19.9 Å². The van der Waals surface area contributed by atoms with E-state index in [9.17, 15) is 0 Å². The Bertz CT molecular complexity index is 7590. The van der Waals surface area contributed by atoms with Crippen LogP contribution in [0, 0.1) is 0 Å². The van der Waals surface area contributed by atoms with Crippen molar-refractivity contribution < 1.29 is 0 Å². The molecular weight excluding hydrogens is 1400 g/mol. The van der Waals surface area contributed by atoms with Gasteiger partial charge in [0.05, 0.1) is 33.8 Å². The highest BCUT2D eigenvalue weighted by molar-refractivity contribution is 6.19. The molecule has 0 fully saturated rings. The smallest absolute Gasteiger partial charge is 0.160 e. The molecule has 0 radical (unpaired) electrons. The summed E-state index contributed by atoms with van der Waals surface area (Å²) in [6.45, 7) is 9.42. The number of rotatable bonds is 9. The van der Waals surface area contributed by atoms with Crippen LogP contribution in [-0.2, 0) is 10.8 Å². The summed E-state index contributed by atoms with van der Waals surface area (Å²) in [6.07, 6.45) is 0. The van der Waals surface area contributed by atoms with Gasteiger partial charge in [-0.2, -0.15) is 0 Å². The van der Waals surface area contributed by atoms with Crippen molar-refractivity contribution in [2.45, 2.75) is 38.5 Å². The first-order valence-corrected chi connectivity index (χ1v) is 40.2. The average Bonchev–Trinajstić information content (AvgIpc) is 1.53. The molecule has 116 heavy (non-hydrogen) atoms. The normalized spacial score (nSPS) is 13.0. The average molecular weight is 1480 g/mol. The maximum Gasteiger partial charge on any atom is 0.160 e. The summed E-state index contributed by atoms with van der Waals surface area (Å²) in [6, 6.07) is 141. The molecule has 3 heterocycles. The summed E-state index contributed by atoms with van der Waals surface area (Å²) in [5.41, 5.74) is 31.1. The molecule has 18 aromatic carbocycles. The van der Waals surface area contributed by atoms with Crippen molar-refractivity contribution in [1.82, 2.24) is 19.9 Å². The molecule has 4 heteroatoms. The van der Waals surface area contributed by atoms with Gasteiger partial charge in [0.1, 0.15) is 0 Å². The Morgan fingerprint density at radius 1 is 0.190 bits per heavy atom. The second-order valence-electron chi connectivity index (χ2n) is 32.2. The van der Waals surface area contributed by atoms with Crippen LogP contribution in [0.5, 0.6) is 0 Å². The first-order valence-electron chi connectivity index (χ1n) is 40.2. The van der Waals surface area contributed by atoms with Crippen molar-refractivity contribution in [2.24, 2.45) is 0 Å². The number of hydrogen-bond donors (Lipinski definition) is 0. The number of fused-ring (bicyclic) bond motifs is 17. The Balaban J connectivity index is 0.000000143. The Morgan fingerprint density at radius 3 is 1.06 bits per heavy atom. The number of benzene rings is 18. The first kappa shape index (κ1) is 68.2. The molecule has 4 nitrogen and oxygen atoms in total. The van der Waals surface area contributed by atoms with Gasteiger partial charge < -0.3 is 0 Å². The van der Waals surface area contributed by atoms with Gasteiger partial charge in [-0.1, -0.05) is 404 Å². The second-order valence-corrected chi connectivity index (χ2v) is 32.2. The lowest BCUT2D eigenvalue weighted by Crippen LogP contribution is -2.16. The van der Waals surface area contributed by atoms with Crippen LogP contribution in [0.4, 0.5) is 0 Å². The molecule has 0 amide bonds. The first-order chi connectivity index (χ1) is 57.1. The van der Waals surface area contributed by atoms with Gasteiger partial charge in [0.25, 0.3) is 0 Å². The third-order valence-corrected chi connectivity index (χ3v) is 24.9. The monoisotopic (exact) mass is 1480 g/mol. The molecule has 544 valence electrons. The second kappa shape index (κ2) is 27.1. The lowest BCUT2D eigenvalue weighted by Gasteiger charge is -2.25. The molecule has 0 saturated carbocycles. The molecule has 2 aliphatic rings. The SMILES string of the molecule is CC1(C)c2ccccc2-c2nc3c(ccc4ccccc43)c(-c3ccc(-c4ccc(-c5cc(-c6ccccc6)nc(-c6ccc(-c7ccccc7)cc6)n5)c5ccccc45)cc3)c21.CC1(C)c2ccccc2-c2nc3c(ccc4ccccc43)c(-c3ccc(-c4ccc(-c5cc6ccccc6c6ccccc56)c5ccccc45)cc3)c21. The highest BCUT2D eigenvalue weighted by Gasteiger charge is 2.42. The van der Waals surface area contributed by atoms with E-state index in [0.717, 1.165) is 67.0 Å². The molecule has 0 N–H and O–H groups in total. The zero-order chi connectivity index (χ0) is 77.3. The molecule has 3 aromatic heterocycles. The Labute approximate surface area is 674 Å². The van der Waals surface area contributed by atoms with Crippen molar-refractivity contribution in [1.29, 1.82) is 0 Å². The summed E-state index contributed by atoms with van der Waals surface area (Å²) >= 11 is 0. The fourth-order valence-electron chi connectivity index (χ4n) is 19.3. The summed E-state index contributed by atoms with van der Waals surface area (Å²) < 4.78 is 0. The summed E-state index contributed by atoms with van der Waals surface area (Å²) in [7, 11) is 0. The van der Waals surface area contributed by atoms with E-state index < -0.39 is 0 Å². The van der Waals surface area contributed by atoms with Gasteiger partial charge in [0, 0.05) is 60.2 Å². The number of aromatic nitrogens is 4. The van der Waals surface area contributed by atoms with Gasteiger partial charge in [-0.05, 0) is 155 Å².